The van der Waals surface area contributed by atoms with Crippen LogP contribution in [0.25, 0.3) is 0 Å². The number of esters is 1. The highest BCUT2D eigenvalue weighted by Gasteiger charge is 2.24. The summed E-state index contributed by atoms with van der Waals surface area (Å²) >= 11 is 0. The summed E-state index contributed by atoms with van der Waals surface area (Å²) < 4.78 is 5.32. The molecule has 1 unspecified atom stereocenters. The maximum Gasteiger partial charge on any atom is 0.311 e. The summed E-state index contributed by atoms with van der Waals surface area (Å²) in [6, 6.07) is 0. The summed E-state index contributed by atoms with van der Waals surface area (Å²) in [4.78, 5) is 11.6. The Kier molecular flexibility index (Phi) is 6.65. The fraction of sp³-hybridized carbons (Fsp3) is 0.923. The molecule has 0 spiro atoms. The van der Waals surface area contributed by atoms with Gasteiger partial charge in [0.05, 0.1) is 5.41 Å². The van der Waals surface area contributed by atoms with Crippen molar-refractivity contribution in [1.82, 2.24) is 5.32 Å². The van der Waals surface area contributed by atoms with Crippen molar-refractivity contribution in [2.45, 2.75) is 54.1 Å². The molecule has 1 atom stereocenters. The first kappa shape index (κ1) is 15.4. The number of ether oxygens (including phenoxy) is 1. The van der Waals surface area contributed by atoms with E-state index in [2.05, 4.69) is 19.2 Å². The molecule has 0 bridgehead atoms. The zero-order valence-corrected chi connectivity index (χ0v) is 11.6. The lowest BCUT2D eigenvalue weighted by atomic mass is 9.97. The lowest BCUT2D eigenvalue weighted by Crippen LogP contribution is -2.33. The highest BCUT2D eigenvalue weighted by Crippen LogP contribution is 2.16. The molecule has 0 saturated heterocycles. The Morgan fingerprint density at radius 2 is 1.81 bits per heavy atom. The number of rotatable bonds is 6. The molecule has 96 valence electrons. The molecule has 0 heterocycles. The minimum atomic E-state index is -0.411. The van der Waals surface area contributed by atoms with Crippen LogP contribution in [0, 0.1) is 11.3 Å². The summed E-state index contributed by atoms with van der Waals surface area (Å²) in [6.07, 6.45) is 1.10. The molecule has 0 aliphatic carbocycles. The summed E-state index contributed by atoms with van der Waals surface area (Å²) in [5.41, 5.74) is -0.411. The Morgan fingerprint density at radius 1 is 1.25 bits per heavy atom. The Balaban J connectivity index is 3.67. The van der Waals surface area contributed by atoms with Crippen molar-refractivity contribution in [1.29, 1.82) is 0 Å². The van der Waals surface area contributed by atoms with Gasteiger partial charge in [-0.15, -0.1) is 0 Å². The zero-order chi connectivity index (χ0) is 12.8. The average molecular weight is 229 g/mol. The van der Waals surface area contributed by atoms with E-state index in [1.807, 2.05) is 27.7 Å². The summed E-state index contributed by atoms with van der Waals surface area (Å²) in [6.45, 7) is 13.6. The maximum absolute atomic E-state index is 11.6. The number of nitrogens with one attached hydrogen (secondary N) is 1. The maximum atomic E-state index is 11.6. The van der Waals surface area contributed by atoms with Crippen molar-refractivity contribution in [2.75, 3.05) is 13.1 Å². The Bertz CT molecular complexity index is 206. The SMILES string of the molecule is CC(C)CCNCC(C)OC(=O)C(C)(C)C. The van der Waals surface area contributed by atoms with Crippen LogP contribution in [-0.2, 0) is 9.53 Å². The third-order valence-corrected chi connectivity index (χ3v) is 2.25. The van der Waals surface area contributed by atoms with Crippen molar-refractivity contribution in [3.05, 3.63) is 0 Å². The van der Waals surface area contributed by atoms with Crippen LogP contribution < -0.4 is 5.32 Å². The van der Waals surface area contributed by atoms with E-state index in [1.165, 1.54) is 0 Å². The third-order valence-electron chi connectivity index (χ3n) is 2.25. The van der Waals surface area contributed by atoms with Crippen LogP contribution >= 0.6 is 0 Å². The molecule has 0 aliphatic rings. The topological polar surface area (TPSA) is 38.3 Å². The van der Waals surface area contributed by atoms with Gasteiger partial charge in [-0.2, -0.15) is 0 Å². The third kappa shape index (κ3) is 7.69. The van der Waals surface area contributed by atoms with Gasteiger partial charge in [-0.25, -0.2) is 0 Å². The predicted octanol–water partition coefficient (Wildman–Crippen LogP) is 2.60. The van der Waals surface area contributed by atoms with Gasteiger partial charge in [-0.3, -0.25) is 4.79 Å². The van der Waals surface area contributed by atoms with Crippen molar-refractivity contribution in [3.63, 3.8) is 0 Å². The Hall–Kier alpha value is -0.570. The second kappa shape index (κ2) is 6.89. The largest absolute Gasteiger partial charge is 0.461 e. The van der Waals surface area contributed by atoms with Gasteiger partial charge in [0.25, 0.3) is 0 Å². The van der Waals surface area contributed by atoms with Crippen LogP contribution in [-0.4, -0.2) is 25.2 Å². The standard InChI is InChI=1S/C13H27NO2/c1-10(2)7-8-14-9-11(3)16-12(15)13(4,5)6/h10-11,14H,7-9H2,1-6H3. The van der Waals surface area contributed by atoms with Crippen molar-refractivity contribution < 1.29 is 9.53 Å². The molecule has 0 aromatic heterocycles. The molecule has 0 rings (SSSR count). The Labute approximate surface area is 99.9 Å². The van der Waals surface area contributed by atoms with E-state index in [0.29, 0.717) is 5.92 Å². The monoisotopic (exact) mass is 229 g/mol. The lowest BCUT2D eigenvalue weighted by Gasteiger charge is -2.21. The van der Waals surface area contributed by atoms with Gasteiger partial charge >= 0.3 is 5.97 Å². The molecular formula is C13H27NO2. The Morgan fingerprint density at radius 3 is 2.25 bits per heavy atom. The van der Waals surface area contributed by atoms with Gasteiger partial charge in [0.1, 0.15) is 6.10 Å². The molecule has 1 N–H and O–H groups in total. The first-order valence-electron chi connectivity index (χ1n) is 6.15. The molecule has 0 aromatic carbocycles. The smallest absolute Gasteiger partial charge is 0.311 e. The predicted molar refractivity (Wildman–Crippen MR) is 67.3 cm³/mol. The molecule has 0 fully saturated rings. The van der Waals surface area contributed by atoms with E-state index >= 15 is 0 Å². The van der Waals surface area contributed by atoms with Gasteiger partial charge in [0.15, 0.2) is 0 Å². The van der Waals surface area contributed by atoms with E-state index in [4.69, 9.17) is 4.74 Å². The molecule has 3 heteroatoms. The van der Waals surface area contributed by atoms with Crippen LogP contribution in [0.5, 0.6) is 0 Å². The van der Waals surface area contributed by atoms with Crippen molar-refractivity contribution in [3.8, 4) is 0 Å². The summed E-state index contributed by atoms with van der Waals surface area (Å²) in [5, 5.41) is 3.30. The van der Waals surface area contributed by atoms with Crippen molar-refractivity contribution in [2.24, 2.45) is 11.3 Å². The number of hydrogen-bond acceptors (Lipinski definition) is 3. The van der Waals surface area contributed by atoms with Crippen LogP contribution in [0.15, 0.2) is 0 Å². The normalized spacial score (nSPS) is 13.9. The van der Waals surface area contributed by atoms with E-state index in [9.17, 15) is 4.79 Å². The summed E-state index contributed by atoms with van der Waals surface area (Å²) in [5.74, 6) is 0.575. The fourth-order valence-electron chi connectivity index (χ4n) is 1.10. The van der Waals surface area contributed by atoms with Crippen LogP contribution in [0.1, 0.15) is 48.0 Å². The lowest BCUT2D eigenvalue weighted by molar-refractivity contribution is -0.157. The second-order valence-electron chi connectivity index (χ2n) is 5.85. The minimum Gasteiger partial charge on any atom is -0.461 e. The first-order chi connectivity index (χ1) is 7.23. The van der Waals surface area contributed by atoms with Crippen LogP contribution in [0.3, 0.4) is 0 Å². The molecule has 0 amide bonds. The van der Waals surface area contributed by atoms with Crippen LogP contribution in [0.2, 0.25) is 0 Å². The quantitative estimate of drug-likeness (QED) is 0.562. The van der Waals surface area contributed by atoms with E-state index in [-0.39, 0.29) is 12.1 Å². The van der Waals surface area contributed by atoms with Gasteiger partial charge in [-0.05, 0) is 46.6 Å². The van der Waals surface area contributed by atoms with E-state index in [1.54, 1.807) is 0 Å². The fourth-order valence-corrected chi connectivity index (χ4v) is 1.10. The molecule has 0 aromatic rings. The van der Waals surface area contributed by atoms with E-state index in [0.717, 1.165) is 19.5 Å². The molecule has 0 aliphatic heterocycles. The van der Waals surface area contributed by atoms with Gasteiger partial charge < -0.3 is 10.1 Å². The molecular weight excluding hydrogens is 202 g/mol. The zero-order valence-electron chi connectivity index (χ0n) is 11.6. The number of carbonyl (C=O) groups excluding carboxylic acids is 1. The first-order valence-corrected chi connectivity index (χ1v) is 6.15. The van der Waals surface area contributed by atoms with Gasteiger partial charge in [0.2, 0.25) is 0 Å². The average Bonchev–Trinajstić information content (AvgIpc) is 2.10. The number of carbonyl (C=O) groups is 1. The highest BCUT2D eigenvalue weighted by molar-refractivity contribution is 5.75. The van der Waals surface area contributed by atoms with E-state index < -0.39 is 5.41 Å². The molecule has 0 saturated carbocycles. The minimum absolute atomic E-state index is 0.0566. The molecule has 3 nitrogen and oxygen atoms in total. The van der Waals surface area contributed by atoms with Gasteiger partial charge in [0, 0.05) is 6.54 Å². The van der Waals surface area contributed by atoms with Crippen LogP contribution in [0.4, 0.5) is 0 Å². The van der Waals surface area contributed by atoms with Gasteiger partial charge in [-0.1, -0.05) is 13.8 Å². The molecule has 16 heavy (non-hydrogen) atoms. The summed E-state index contributed by atoms with van der Waals surface area (Å²) in [7, 11) is 0. The second-order valence-corrected chi connectivity index (χ2v) is 5.85. The van der Waals surface area contributed by atoms with Crippen molar-refractivity contribution >= 4 is 5.97 Å². The highest BCUT2D eigenvalue weighted by atomic mass is 16.5. The number of hydrogen-bond donors (Lipinski definition) is 1. The molecule has 0 radical (unpaired) electrons.